The van der Waals surface area contributed by atoms with Crippen LogP contribution in [0.2, 0.25) is 0 Å². The lowest BCUT2D eigenvalue weighted by Gasteiger charge is -2.44. The lowest BCUT2D eigenvalue weighted by Crippen LogP contribution is -2.48. The highest BCUT2D eigenvalue weighted by atomic mass is 16.5. The summed E-state index contributed by atoms with van der Waals surface area (Å²) in [5.74, 6) is 2.00. The van der Waals surface area contributed by atoms with Gasteiger partial charge in [-0.3, -0.25) is 0 Å². The predicted octanol–water partition coefficient (Wildman–Crippen LogP) is 2.16. The van der Waals surface area contributed by atoms with Gasteiger partial charge in [0.15, 0.2) is 0 Å². The van der Waals surface area contributed by atoms with Crippen molar-refractivity contribution in [2.45, 2.75) is 45.6 Å². The fourth-order valence-electron chi connectivity index (χ4n) is 3.29. The van der Waals surface area contributed by atoms with E-state index in [4.69, 9.17) is 10.5 Å². The highest BCUT2D eigenvalue weighted by Gasteiger charge is 2.49. The van der Waals surface area contributed by atoms with Crippen LogP contribution in [0.3, 0.4) is 0 Å². The second-order valence-electron chi connectivity index (χ2n) is 5.56. The van der Waals surface area contributed by atoms with Crippen LogP contribution >= 0.6 is 0 Å². The summed E-state index contributed by atoms with van der Waals surface area (Å²) in [5, 5.41) is 0. The molecule has 0 aromatic rings. The standard InChI is InChI=1S/C12H22N2O/c1-8(2)10-5-4-9(3)6-12(10)7-14-11(13)15-12/h8-10H,4-7H2,1-3H3,(H2,13,14). The molecule has 1 aliphatic heterocycles. The summed E-state index contributed by atoms with van der Waals surface area (Å²) in [5.41, 5.74) is 5.60. The van der Waals surface area contributed by atoms with Crippen molar-refractivity contribution in [2.24, 2.45) is 28.5 Å². The molecule has 15 heavy (non-hydrogen) atoms. The first kappa shape index (κ1) is 10.8. The normalized spacial score (nSPS) is 40.7. The van der Waals surface area contributed by atoms with E-state index in [9.17, 15) is 0 Å². The Labute approximate surface area is 92.1 Å². The Kier molecular flexibility index (Phi) is 2.65. The minimum absolute atomic E-state index is 0.0735. The van der Waals surface area contributed by atoms with Gasteiger partial charge >= 0.3 is 0 Å². The molecular weight excluding hydrogens is 188 g/mol. The molecule has 0 amide bonds. The third-order valence-corrected chi connectivity index (χ3v) is 3.96. The number of ether oxygens (including phenoxy) is 1. The SMILES string of the molecule is CC1CCC(C(C)C)C2(CN=C(N)O2)C1. The fraction of sp³-hybridized carbons (Fsp3) is 0.917. The first-order valence-electron chi connectivity index (χ1n) is 6.02. The second-order valence-corrected chi connectivity index (χ2v) is 5.56. The number of rotatable bonds is 1. The Bertz CT molecular complexity index is 275. The van der Waals surface area contributed by atoms with E-state index in [1.807, 2.05) is 0 Å². The van der Waals surface area contributed by atoms with Crippen LogP contribution in [0.4, 0.5) is 0 Å². The maximum absolute atomic E-state index is 5.86. The minimum Gasteiger partial charge on any atom is -0.457 e. The number of hydrogen-bond acceptors (Lipinski definition) is 3. The Morgan fingerprint density at radius 1 is 1.47 bits per heavy atom. The van der Waals surface area contributed by atoms with Crippen molar-refractivity contribution in [1.82, 2.24) is 0 Å². The van der Waals surface area contributed by atoms with Crippen LogP contribution in [-0.2, 0) is 4.74 Å². The van der Waals surface area contributed by atoms with Crippen LogP contribution in [0.15, 0.2) is 4.99 Å². The number of nitrogens with zero attached hydrogens (tertiary/aromatic N) is 1. The van der Waals surface area contributed by atoms with Crippen LogP contribution in [0.1, 0.15) is 40.0 Å². The third kappa shape index (κ3) is 1.84. The van der Waals surface area contributed by atoms with Gasteiger partial charge in [-0.25, -0.2) is 4.99 Å². The highest BCUT2D eigenvalue weighted by molar-refractivity contribution is 5.73. The smallest absolute Gasteiger partial charge is 0.282 e. The van der Waals surface area contributed by atoms with Gasteiger partial charge in [0, 0.05) is 5.92 Å². The Hall–Kier alpha value is -0.730. The van der Waals surface area contributed by atoms with Gasteiger partial charge in [0.2, 0.25) is 0 Å². The summed E-state index contributed by atoms with van der Waals surface area (Å²) in [6, 6.07) is 0.398. The van der Waals surface area contributed by atoms with Crippen LogP contribution in [0.25, 0.3) is 0 Å². The first-order chi connectivity index (χ1) is 7.03. The number of hydrogen-bond donors (Lipinski definition) is 1. The van der Waals surface area contributed by atoms with Gasteiger partial charge in [0.1, 0.15) is 5.60 Å². The van der Waals surface area contributed by atoms with Crippen molar-refractivity contribution in [2.75, 3.05) is 6.54 Å². The van der Waals surface area contributed by atoms with Gasteiger partial charge in [0.05, 0.1) is 6.54 Å². The van der Waals surface area contributed by atoms with Crippen molar-refractivity contribution < 1.29 is 4.74 Å². The fourth-order valence-corrected chi connectivity index (χ4v) is 3.29. The Balaban J connectivity index is 2.17. The predicted molar refractivity (Wildman–Crippen MR) is 61.6 cm³/mol. The zero-order valence-electron chi connectivity index (χ0n) is 9.99. The van der Waals surface area contributed by atoms with E-state index in [2.05, 4.69) is 25.8 Å². The molecule has 0 saturated heterocycles. The molecular formula is C12H22N2O. The molecule has 3 unspecified atom stereocenters. The van der Waals surface area contributed by atoms with Gasteiger partial charge in [-0.2, -0.15) is 0 Å². The minimum atomic E-state index is -0.0735. The van der Waals surface area contributed by atoms with E-state index < -0.39 is 0 Å². The molecule has 1 saturated carbocycles. The van der Waals surface area contributed by atoms with E-state index in [1.54, 1.807) is 0 Å². The van der Waals surface area contributed by atoms with Crippen molar-refractivity contribution in [3.05, 3.63) is 0 Å². The summed E-state index contributed by atoms with van der Waals surface area (Å²) in [7, 11) is 0. The molecule has 2 rings (SSSR count). The lowest BCUT2D eigenvalue weighted by molar-refractivity contribution is -0.0469. The van der Waals surface area contributed by atoms with Crippen molar-refractivity contribution in [1.29, 1.82) is 0 Å². The summed E-state index contributed by atoms with van der Waals surface area (Å²) in [6.45, 7) is 7.63. The van der Waals surface area contributed by atoms with E-state index in [0.29, 0.717) is 17.9 Å². The summed E-state index contributed by atoms with van der Waals surface area (Å²) >= 11 is 0. The van der Waals surface area contributed by atoms with Gasteiger partial charge in [-0.05, 0) is 24.7 Å². The maximum atomic E-state index is 5.86. The van der Waals surface area contributed by atoms with Crippen LogP contribution in [0.5, 0.6) is 0 Å². The molecule has 3 atom stereocenters. The summed E-state index contributed by atoms with van der Waals surface area (Å²) in [6.07, 6.45) is 3.68. The van der Waals surface area contributed by atoms with Crippen molar-refractivity contribution >= 4 is 6.02 Å². The zero-order valence-corrected chi connectivity index (χ0v) is 9.99. The molecule has 1 fully saturated rings. The lowest BCUT2D eigenvalue weighted by atomic mass is 9.67. The molecule has 1 aliphatic carbocycles. The molecule has 0 aromatic heterocycles. The molecule has 0 bridgehead atoms. The first-order valence-corrected chi connectivity index (χ1v) is 6.02. The maximum Gasteiger partial charge on any atom is 0.282 e. The molecule has 86 valence electrons. The van der Waals surface area contributed by atoms with E-state index in [-0.39, 0.29) is 5.60 Å². The zero-order chi connectivity index (χ0) is 11.1. The number of aliphatic imine (C=N–C) groups is 1. The molecule has 1 spiro atoms. The molecule has 2 N–H and O–H groups in total. The number of nitrogens with two attached hydrogens (primary N) is 1. The van der Waals surface area contributed by atoms with Gasteiger partial charge < -0.3 is 10.5 Å². The average molecular weight is 210 g/mol. The van der Waals surface area contributed by atoms with Gasteiger partial charge in [-0.1, -0.05) is 27.2 Å². The molecule has 3 heteroatoms. The van der Waals surface area contributed by atoms with Gasteiger partial charge in [-0.15, -0.1) is 0 Å². The van der Waals surface area contributed by atoms with Crippen LogP contribution in [-0.4, -0.2) is 18.2 Å². The quantitative estimate of drug-likeness (QED) is 0.721. The van der Waals surface area contributed by atoms with Gasteiger partial charge in [0.25, 0.3) is 6.02 Å². The molecule has 2 aliphatic rings. The Morgan fingerprint density at radius 2 is 2.20 bits per heavy atom. The van der Waals surface area contributed by atoms with E-state index >= 15 is 0 Å². The van der Waals surface area contributed by atoms with Crippen molar-refractivity contribution in [3.8, 4) is 0 Å². The molecule has 1 heterocycles. The van der Waals surface area contributed by atoms with Crippen LogP contribution in [0, 0.1) is 17.8 Å². The van der Waals surface area contributed by atoms with Crippen LogP contribution < -0.4 is 5.73 Å². The van der Waals surface area contributed by atoms with Crippen molar-refractivity contribution in [3.63, 3.8) is 0 Å². The van der Waals surface area contributed by atoms with E-state index in [1.165, 1.54) is 12.8 Å². The molecule has 0 radical (unpaired) electrons. The number of amidine groups is 1. The highest BCUT2D eigenvalue weighted by Crippen LogP contribution is 2.45. The Morgan fingerprint density at radius 3 is 2.73 bits per heavy atom. The summed E-state index contributed by atoms with van der Waals surface area (Å²) in [4.78, 5) is 4.25. The third-order valence-electron chi connectivity index (χ3n) is 3.96. The summed E-state index contributed by atoms with van der Waals surface area (Å²) < 4.78 is 5.86. The largest absolute Gasteiger partial charge is 0.457 e. The molecule has 0 aromatic carbocycles. The van der Waals surface area contributed by atoms with E-state index in [0.717, 1.165) is 18.9 Å². The topological polar surface area (TPSA) is 47.6 Å². The average Bonchev–Trinajstić information content (AvgIpc) is 2.47. The monoisotopic (exact) mass is 210 g/mol. The second kappa shape index (κ2) is 3.69. The molecule has 3 nitrogen and oxygen atoms in total.